The monoisotopic (exact) mass is 750 g/mol. The summed E-state index contributed by atoms with van der Waals surface area (Å²) in [6.45, 7) is 17.8. The molecule has 2 nitrogen and oxygen atoms in total. The van der Waals surface area contributed by atoms with E-state index in [0.29, 0.717) is 7.25 Å². The zero-order valence-electron chi connectivity index (χ0n) is 27.3. The molecule has 0 N–H and O–H groups in total. The molecule has 44 heavy (non-hydrogen) atoms. The first-order valence-electron chi connectivity index (χ1n) is 15.3. The Labute approximate surface area is 281 Å². The van der Waals surface area contributed by atoms with Crippen LogP contribution in [-0.2, 0) is 17.4 Å². The largest absolute Gasteiger partial charge is 0.147 e. The molecule has 4 aromatic rings. The molecule has 230 valence electrons. The van der Waals surface area contributed by atoms with Gasteiger partial charge in [0.25, 0.3) is 0 Å². The average Bonchev–Trinajstić information content (AvgIpc) is 3.55. The van der Waals surface area contributed by atoms with Crippen LogP contribution < -0.4 is 0 Å². The van der Waals surface area contributed by atoms with Gasteiger partial charge in [0, 0.05) is 0 Å². The second-order valence-corrected chi connectivity index (χ2v) is 56.2. The number of aromatic nitrogens is 2. The Bertz CT molecular complexity index is 1700. The number of benzene rings is 2. The van der Waals surface area contributed by atoms with Gasteiger partial charge in [-0.3, -0.25) is 0 Å². The predicted molar refractivity (Wildman–Crippen MR) is 202 cm³/mol. The first-order valence-corrected chi connectivity index (χ1v) is 35.9. The summed E-state index contributed by atoms with van der Waals surface area (Å²) in [6.07, 6.45) is 9.11. The first kappa shape index (κ1) is 35.2. The third-order valence-electron chi connectivity index (χ3n) is 9.63. The molecule has 2 atom stereocenters. The molecule has 2 unspecified atom stereocenters. The minimum Gasteiger partial charge on any atom is -0.147 e. The van der Waals surface area contributed by atoms with Crippen LogP contribution in [0.2, 0.25) is 48.5 Å². The Morgan fingerprint density at radius 1 is 0.568 bits per heavy atom. The van der Waals surface area contributed by atoms with Crippen molar-refractivity contribution in [2.75, 3.05) is 0 Å². The van der Waals surface area contributed by atoms with Gasteiger partial charge in [-0.25, -0.2) is 0 Å². The zero-order chi connectivity index (χ0) is 30.1. The molecular formula is C36H46Cl2N2Si3Zr. The summed E-state index contributed by atoms with van der Waals surface area (Å²) in [5.74, 6) is 0. The molecule has 0 aliphatic heterocycles. The molecule has 2 aliphatic carbocycles. The number of halogens is 2. The van der Waals surface area contributed by atoms with Crippen LogP contribution in [0.1, 0.15) is 29.5 Å². The average molecular weight is 753 g/mol. The molecule has 0 spiro atoms. The van der Waals surface area contributed by atoms with E-state index in [1.165, 1.54) is 22.3 Å². The van der Waals surface area contributed by atoms with Gasteiger partial charge in [0.2, 0.25) is 0 Å². The van der Waals surface area contributed by atoms with Crippen molar-refractivity contribution in [1.29, 1.82) is 0 Å². The number of allylic oxidation sites excluding steroid dienone is 2. The fourth-order valence-electron chi connectivity index (χ4n) is 7.80. The zero-order valence-corrected chi connectivity index (χ0v) is 34.8. The SMILES string of the molecule is C[Si](C)(C)C1=Cc2c(-c3ccccn3)cccc2[CH]1[Zr]([CH3])([CH3])(=[SiH2])[CH]1C([Si](C)(C)C)=Cc2c(-c3ccccn3)cccc21.Cl.Cl. The van der Waals surface area contributed by atoms with Crippen molar-refractivity contribution in [3.8, 4) is 22.5 Å². The molecule has 0 radical (unpaired) electrons. The van der Waals surface area contributed by atoms with Gasteiger partial charge >= 0.3 is 259 Å². The number of hydrogen-bond donors (Lipinski definition) is 0. The van der Waals surface area contributed by atoms with Crippen LogP contribution in [0.5, 0.6) is 0 Å². The summed E-state index contributed by atoms with van der Waals surface area (Å²) in [6, 6.07) is 26.7. The van der Waals surface area contributed by atoms with Gasteiger partial charge in [0.05, 0.1) is 0 Å². The molecule has 6 rings (SSSR count). The van der Waals surface area contributed by atoms with E-state index in [-0.39, 0.29) is 24.8 Å². The predicted octanol–water partition coefficient (Wildman–Crippen LogP) is 10.3. The maximum Gasteiger partial charge on any atom is -0.147 e. The van der Waals surface area contributed by atoms with Gasteiger partial charge in [-0.05, 0) is 0 Å². The minimum absolute atomic E-state index is 0. The Kier molecular flexibility index (Phi) is 9.73. The van der Waals surface area contributed by atoms with E-state index in [2.05, 4.69) is 128 Å². The molecule has 8 heteroatoms. The molecule has 0 saturated heterocycles. The van der Waals surface area contributed by atoms with Gasteiger partial charge in [-0.15, -0.1) is 24.8 Å². The number of rotatable bonds is 6. The van der Waals surface area contributed by atoms with Crippen molar-refractivity contribution in [2.24, 2.45) is 0 Å². The Morgan fingerprint density at radius 2 is 0.955 bits per heavy atom. The van der Waals surface area contributed by atoms with E-state index in [0.717, 1.165) is 11.4 Å². The van der Waals surface area contributed by atoms with Gasteiger partial charge in [0.15, 0.2) is 0 Å². The normalized spacial score (nSPS) is 17.9. The number of nitrogens with zero attached hydrogens (tertiary/aromatic N) is 2. The van der Waals surface area contributed by atoms with Crippen LogP contribution in [-0.4, -0.2) is 33.0 Å². The molecule has 2 aliphatic rings. The summed E-state index contributed by atoms with van der Waals surface area (Å²) in [7, 11) is -3.32. The van der Waals surface area contributed by atoms with Crippen LogP contribution in [0.15, 0.2) is 95.6 Å². The maximum atomic E-state index is 4.80. The number of hydrogen-bond acceptors (Lipinski definition) is 2. The summed E-state index contributed by atoms with van der Waals surface area (Å²) in [4.78, 5) is 9.60. The second-order valence-electron chi connectivity index (χ2n) is 15.5. The molecule has 2 heterocycles. The summed E-state index contributed by atoms with van der Waals surface area (Å²) < 4.78 is 6.62. The van der Waals surface area contributed by atoms with Crippen LogP contribution in [0.25, 0.3) is 34.7 Å². The van der Waals surface area contributed by atoms with Crippen molar-refractivity contribution < 1.29 is 17.4 Å². The third-order valence-corrected chi connectivity index (χ3v) is 32.6. The van der Waals surface area contributed by atoms with Crippen LogP contribution in [0.3, 0.4) is 0 Å². The molecular weight excluding hydrogens is 707 g/mol. The van der Waals surface area contributed by atoms with Crippen LogP contribution in [0.4, 0.5) is 0 Å². The minimum atomic E-state index is -3.76. The standard InChI is InChI=1S/2C17H18NSi.2CH3.2ClH.H2Si.Zr/c2*1-19(2,3)14-11-13-7-6-8-15(16(13)12-14)17-9-4-5-10-18-17;;;;;;/h2*4-12H,1-3H3;2*1H3;2*1H;1H2;. The number of pyridine rings is 2. The molecule has 2 aromatic heterocycles. The summed E-state index contributed by atoms with van der Waals surface area (Å²) in [5.41, 5.74) is 10.7. The van der Waals surface area contributed by atoms with E-state index in [1.807, 2.05) is 24.5 Å². The maximum absolute atomic E-state index is 4.80. The number of fused-ring (bicyclic) bond motifs is 2. The third kappa shape index (κ3) is 5.96. The molecule has 2 aromatic carbocycles. The quantitative estimate of drug-likeness (QED) is 0.183. The van der Waals surface area contributed by atoms with E-state index >= 15 is 0 Å². The van der Waals surface area contributed by atoms with Gasteiger partial charge in [-0.1, -0.05) is 0 Å². The van der Waals surface area contributed by atoms with Crippen molar-refractivity contribution in [1.82, 2.24) is 9.97 Å². The smallest absolute Gasteiger partial charge is 0.147 e. The van der Waals surface area contributed by atoms with E-state index in [1.54, 1.807) is 21.5 Å². The Morgan fingerprint density at radius 3 is 1.27 bits per heavy atom. The van der Waals surface area contributed by atoms with Crippen LogP contribution in [0, 0.1) is 0 Å². The second kappa shape index (κ2) is 12.2. The van der Waals surface area contributed by atoms with Gasteiger partial charge in [0.1, 0.15) is 0 Å². The first-order chi connectivity index (χ1) is 19.7. The molecule has 0 bridgehead atoms. The van der Waals surface area contributed by atoms with Crippen molar-refractivity contribution in [3.63, 3.8) is 0 Å². The van der Waals surface area contributed by atoms with E-state index < -0.39 is 33.5 Å². The summed E-state index contributed by atoms with van der Waals surface area (Å²) >= 11 is -3.76. The molecule has 0 amide bonds. The van der Waals surface area contributed by atoms with Crippen molar-refractivity contribution >= 4 is 60.0 Å². The van der Waals surface area contributed by atoms with E-state index in [9.17, 15) is 0 Å². The summed E-state index contributed by atoms with van der Waals surface area (Å²) in [5, 5.41) is 3.49. The van der Waals surface area contributed by atoms with E-state index in [4.69, 9.17) is 9.97 Å². The Balaban J connectivity index is 0.00000221. The van der Waals surface area contributed by atoms with Gasteiger partial charge in [-0.2, -0.15) is 0 Å². The fraction of sp³-hybridized carbons (Fsp3) is 0.278. The molecule has 0 saturated carbocycles. The molecule has 0 fully saturated rings. The fourth-order valence-corrected chi connectivity index (χ4v) is 43.1. The van der Waals surface area contributed by atoms with Crippen molar-refractivity contribution in [3.05, 3.63) is 118 Å². The van der Waals surface area contributed by atoms with Crippen molar-refractivity contribution in [2.45, 2.75) is 55.8 Å². The van der Waals surface area contributed by atoms with Crippen LogP contribution >= 0.6 is 24.8 Å². The topological polar surface area (TPSA) is 25.8 Å². The Hall–Kier alpha value is -1.67. The van der Waals surface area contributed by atoms with Gasteiger partial charge < -0.3 is 0 Å².